The van der Waals surface area contributed by atoms with Crippen LogP contribution in [0.5, 0.6) is 0 Å². The van der Waals surface area contributed by atoms with Gasteiger partial charge in [0.05, 0.1) is 16.6 Å². The number of carbonyl (C=O) groups is 2. The minimum atomic E-state index is -1.44. The van der Waals surface area contributed by atoms with E-state index in [9.17, 15) is 22.8 Å². The monoisotopic (exact) mass is 732 g/mol. The van der Waals surface area contributed by atoms with Crippen molar-refractivity contribution in [3.63, 3.8) is 0 Å². The molecule has 1 saturated heterocycles. The molecule has 2 aromatic heterocycles. The van der Waals surface area contributed by atoms with Crippen LogP contribution in [0, 0.1) is 23.3 Å². The van der Waals surface area contributed by atoms with E-state index in [2.05, 4.69) is 21.2 Å². The Hall–Kier alpha value is -4.74. The number of piperazine rings is 1. The molecule has 1 N–H and O–H groups in total. The van der Waals surface area contributed by atoms with Gasteiger partial charge in [-0.2, -0.15) is 0 Å². The Bertz CT molecular complexity index is 2220. The van der Waals surface area contributed by atoms with Gasteiger partial charge in [0.1, 0.15) is 52.6 Å². The first-order valence-corrected chi connectivity index (χ1v) is 16.5. The summed E-state index contributed by atoms with van der Waals surface area (Å²) in [6.07, 6.45) is 0.263. The van der Waals surface area contributed by atoms with Crippen LogP contribution in [0.4, 0.5) is 23.2 Å². The number of ketones is 1. The second-order valence-corrected chi connectivity index (χ2v) is 13.0. The molecule has 1 aliphatic rings. The van der Waals surface area contributed by atoms with E-state index in [-0.39, 0.29) is 40.8 Å². The Morgan fingerprint density at radius 3 is 2.04 bits per heavy atom. The van der Waals surface area contributed by atoms with Gasteiger partial charge in [0.25, 0.3) is 0 Å². The van der Waals surface area contributed by atoms with Gasteiger partial charge in [-0.3, -0.25) is 4.79 Å². The van der Waals surface area contributed by atoms with E-state index in [1.54, 1.807) is 18.2 Å². The summed E-state index contributed by atoms with van der Waals surface area (Å²) >= 11 is 3.32. The van der Waals surface area contributed by atoms with E-state index in [1.165, 1.54) is 54.6 Å². The number of nitrogens with zero attached hydrogens (tertiary/aromatic N) is 1. The summed E-state index contributed by atoms with van der Waals surface area (Å²) in [6, 6.07) is 17.0. The summed E-state index contributed by atoms with van der Waals surface area (Å²) in [6.45, 7) is 2.60. The van der Waals surface area contributed by atoms with Gasteiger partial charge in [-0.1, -0.05) is 24.3 Å². The van der Waals surface area contributed by atoms with E-state index in [0.717, 1.165) is 0 Å². The van der Waals surface area contributed by atoms with Crippen molar-refractivity contribution in [2.75, 3.05) is 31.1 Å². The van der Waals surface area contributed by atoms with Crippen molar-refractivity contribution in [1.29, 1.82) is 0 Å². The Morgan fingerprint density at radius 1 is 0.796 bits per heavy atom. The Morgan fingerprint density at radius 2 is 1.41 bits per heavy atom. The van der Waals surface area contributed by atoms with Gasteiger partial charge in [0.2, 0.25) is 0 Å². The first-order chi connectivity index (χ1) is 23.7. The zero-order valence-electron chi connectivity index (χ0n) is 26.0. The second-order valence-electron chi connectivity index (χ2n) is 12.1. The molecule has 11 heteroatoms. The molecule has 250 valence electrons. The van der Waals surface area contributed by atoms with Gasteiger partial charge in [-0.05, 0) is 69.5 Å². The van der Waals surface area contributed by atoms with Crippen LogP contribution in [0.2, 0.25) is 0 Å². The normalized spacial score (nSPS) is 14.1. The predicted molar refractivity (Wildman–Crippen MR) is 181 cm³/mol. The average molecular weight is 734 g/mol. The van der Waals surface area contributed by atoms with E-state index >= 15 is 4.39 Å². The molecule has 49 heavy (non-hydrogen) atoms. The topological polar surface area (TPSA) is 75.7 Å². The van der Waals surface area contributed by atoms with E-state index < -0.39 is 35.0 Å². The molecular formula is C38H29BrF4N2O4. The van der Waals surface area contributed by atoms with Crippen LogP contribution in [0.25, 0.3) is 21.9 Å². The van der Waals surface area contributed by atoms with E-state index in [0.29, 0.717) is 76.8 Å². The molecule has 0 saturated carbocycles. The lowest BCUT2D eigenvalue weighted by molar-refractivity contribution is -0.124. The van der Waals surface area contributed by atoms with Crippen molar-refractivity contribution < 1.29 is 36.0 Å². The third kappa shape index (κ3) is 6.65. The molecule has 0 amide bonds. The summed E-state index contributed by atoms with van der Waals surface area (Å²) in [5.74, 6) is -3.81. The van der Waals surface area contributed by atoms with Crippen molar-refractivity contribution in [1.82, 2.24) is 5.32 Å². The number of hydrogen-bond donors (Lipinski definition) is 1. The molecule has 6 aromatic rings. The smallest absolute Gasteiger partial charge is 0.158 e. The van der Waals surface area contributed by atoms with Crippen LogP contribution in [0.3, 0.4) is 0 Å². The Kier molecular flexibility index (Phi) is 9.13. The predicted octanol–water partition coefficient (Wildman–Crippen LogP) is 8.18. The standard InChI is InChI=1S/C38H29BrF4N2O4/c39-32-17-25(42)15-30-28(14-22-4-2-6-24(41)12-22)36(49-37(30)32)31(20-46)34(47)19-35-27(13-21-3-1-5-23(40)11-21)29-16-26(43)18-33(38(29)48-35)45-9-7-44-8-10-45/h1-6,11-12,15-18,20,31,44H,7-10,13-14,19H2. The highest BCUT2D eigenvalue weighted by Gasteiger charge is 2.32. The highest BCUT2D eigenvalue weighted by Crippen LogP contribution is 2.40. The van der Waals surface area contributed by atoms with Crippen LogP contribution in [-0.4, -0.2) is 38.2 Å². The molecule has 0 radical (unpaired) electrons. The number of carbonyl (C=O) groups excluding carboxylic acids is 2. The SMILES string of the molecule is O=CC(C(=O)Cc1oc2c(N3CCNCC3)cc(F)cc2c1Cc1cccc(F)c1)c1oc2c(Br)cc(F)cc2c1Cc1cccc(F)c1. The van der Waals surface area contributed by atoms with E-state index in [1.807, 2.05) is 4.90 Å². The lowest BCUT2D eigenvalue weighted by atomic mass is 9.91. The number of Topliss-reactive ketones (excluding diaryl/α,β-unsaturated/α-hetero) is 1. The fourth-order valence-electron chi connectivity index (χ4n) is 6.60. The molecule has 4 aromatic carbocycles. The molecule has 1 fully saturated rings. The third-order valence-electron chi connectivity index (χ3n) is 8.86. The van der Waals surface area contributed by atoms with Crippen molar-refractivity contribution in [2.24, 2.45) is 0 Å². The lowest BCUT2D eigenvalue weighted by Gasteiger charge is -2.29. The van der Waals surface area contributed by atoms with Gasteiger partial charge < -0.3 is 23.8 Å². The van der Waals surface area contributed by atoms with Crippen molar-refractivity contribution in [3.8, 4) is 0 Å². The van der Waals surface area contributed by atoms with Crippen LogP contribution < -0.4 is 10.2 Å². The molecule has 1 unspecified atom stereocenters. The van der Waals surface area contributed by atoms with Crippen LogP contribution >= 0.6 is 15.9 Å². The van der Waals surface area contributed by atoms with Gasteiger partial charge >= 0.3 is 0 Å². The highest BCUT2D eigenvalue weighted by molar-refractivity contribution is 9.10. The van der Waals surface area contributed by atoms with Crippen LogP contribution in [0.15, 0.2) is 86.1 Å². The third-order valence-corrected chi connectivity index (χ3v) is 9.45. The fraction of sp³-hybridized carbons (Fsp3) is 0.211. The number of aldehydes is 1. The molecule has 1 atom stereocenters. The number of fused-ring (bicyclic) bond motifs is 2. The molecule has 0 bridgehead atoms. The molecule has 6 nitrogen and oxygen atoms in total. The van der Waals surface area contributed by atoms with Gasteiger partial charge in [-0.15, -0.1) is 0 Å². The van der Waals surface area contributed by atoms with Crippen molar-refractivity contribution in [3.05, 3.63) is 134 Å². The molecule has 0 spiro atoms. The number of anilines is 1. The van der Waals surface area contributed by atoms with Gasteiger partial charge in [-0.25, -0.2) is 17.6 Å². The maximum Gasteiger partial charge on any atom is 0.158 e. The molecule has 3 heterocycles. The lowest BCUT2D eigenvalue weighted by Crippen LogP contribution is -2.43. The number of benzene rings is 4. The largest absolute Gasteiger partial charge is 0.458 e. The van der Waals surface area contributed by atoms with Gasteiger partial charge in [0.15, 0.2) is 11.4 Å². The molecule has 1 aliphatic heterocycles. The summed E-state index contributed by atoms with van der Waals surface area (Å²) in [5.41, 5.74) is 3.10. The zero-order chi connectivity index (χ0) is 34.2. The highest BCUT2D eigenvalue weighted by atomic mass is 79.9. The number of hydrogen-bond acceptors (Lipinski definition) is 6. The number of furan rings is 2. The minimum Gasteiger partial charge on any atom is -0.458 e. The van der Waals surface area contributed by atoms with Crippen molar-refractivity contribution >= 4 is 55.6 Å². The summed E-state index contributed by atoms with van der Waals surface area (Å²) in [5, 5.41) is 4.04. The fourth-order valence-corrected chi connectivity index (χ4v) is 7.12. The summed E-state index contributed by atoms with van der Waals surface area (Å²) in [4.78, 5) is 28.9. The quantitative estimate of drug-likeness (QED) is 0.0870. The zero-order valence-corrected chi connectivity index (χ0v) is 27.6. The molecule has 7 rings (SSSR count). The summed E-state index contributed by atoms with van der Waals surface area (Å²) < 4.78 is 71.0. The Balaban J connectivity index is 1.33. The Labute approximate surface area is 286 Å². The molecule has 0 aliphatic carbocycles. The van der Waals surface area contributed by atoms with E-state index in [4.69, 9.17) is 8.83 Å². The number of halogens is 5. The number of rotatable bonds is 10. The first kappa shape index (κ1) is 32.8. The maximum atomic E-state index is 15.2. The second kappa shape index (κ2) is 13.6. The van der Waals surface area contributed by atoms with Gasteiger partial charge in [0, 0.05) is 67.0 Å². The first-order valence-electron chi connectivity index (χ1n) is 15.7. The van der Waals surface area contributed by atoms with Crippen molar-refractivity contribution in [2.45, 2.75) is 25.2 Å². The number of nitrogens with one attached hydrogen (secondary N) is 1. The van der Waals surface area contributed by atoms with Crippen LogP contribution in [-0.2, 0) is 28.9 Å². The maximum absolute atomic E-state index is 15.2. The molecular weight excluding hydrogens is 704 g/mol. The average Bonchev–Trinajstić information content (AvgIpc) is 3.59. The minimum absolute atomic E-state index is 0.000836. The van der Waals surface area contributed by atoms with Crippen LogP contribution in [0.1, 0.15) is 39.7 Å². The summed E-state index contributed by atoms with van der Waals surface area (Å²) in [7, 11) is 0.